The molecule has 0 saturated carbocycles. The first kappa shape index (κ1) is 37.1. The average Bonchev–Trinajstić information content (AvgIpc) is 3.67. The van der Waals surface area contributed by atoms with Crippen molar-refractivity contribution in [1.82, 2.24) is 34.3 Å². The lowest BCUT2D eigenvalue weighted by Crippen LogP contribution is -2.55. The van der Waals surface area contributed by atoms with Gasteiger partial charge in [-0.1, -0.05) is 17.7 Å². The summed E-state index contributed by atoms with van der Waals surface area (Å²) in [4.78, 5) is 42.1. The Morgan fingerprint density at radius 1 is 0.875 bits per heavy atom. The molecule has 3 amide bonds. The Hall–Kier alpha value is -4.51. The molecular weight excluding hydrogens is 754 g/mol. The summed E-state index contributed by atoms with van der Waals surface area (Å²) in [6.45, 7) is 6.24. The van der Waals surface area contributed by atoms with Crippen molar-refractivity contribution in [2.45, 2.75) is 68.0 Å². The van der Waals surface area contributed by atoms with Gasteiger partial charge in [-0.2, -0.15) is 9.40 Å². The second-order valence-corrected chi connectivity index (χ2v) is 18.3. The lowest BCUT2D eigenvalue weighted by atomic mass is 9.95. The van der Waals surface area contributed by atoms with Crippen LogP contribution >= 0.6 is 11.6 Å². The minimum absolute atomic E-state index is 0.0955. The van der Waals surface area contributed by atoms with E-state index in [0.29, 0.717) is 72.2 Å². The number of urea groups is 1. The van der Waals surface area contributed by atoms with E-state index in [4.69, 9.17) is 11.6 Å². The Kier molecular flexibility index (Phi) is 10.0. The van der Waals surface area contributed by atoms with E-state index in [9.17, 15) is 18.0 Å². The fourth-order valence-corrected chi connectivity index (χ4v) is 11.1. The number of piperidine rings is 2. The fourth-order valence-electron chi connectivity index (χ4n) is 9.45. The molecule has 0 spiro atoms. The highest BCUT2D eigenvalue weighted by Crippen LogP contribution is 2.38. The summed E-state index contributed by atoms with van der Waals surface area (Å²) in [6, 6.07) is 14.4. The molecule has 9 rings (SSSR count). The number of rotatable bonds is 9. The van der Waals surface area contributed by atoms with E-state index in [1.54, 1.807) is 27.7 Å². The van der Waals surface area contributed by atoms with E-state index in [0.717, 1.165) is 80.7 Å². The van der Waals surface area contributed by atoms with Crippen molar-refractivity contribution in [1.29, 1.82) is 0 Å². The molecule has 2 N–H and O–H groups in total. The molecular formula is C39H48ClN11O4S. The van der Waals surface area contributed by atoms with Gasteiger partial charge in [-0.25, -0.2) is 23.2 Å². The number of anilines is 4. The number of piperazine rings is 1. The van der Waals surface area contributed by atoms with Crippen LogP contribution in [-0.2, 0) is 21.9 Å². The summed E-state index contributed by atoms with van der Waals surface area (Å²) in [5, 5.41) is 11.7. The van der Waals surface area contributed by atoms with Gasteiger partial charge in [-0.3, -0.25) is 24.6 Å². The van der Waals surface area contributed by atoms with Crippen LogP contribution < -0.4 is 25.3 Å². The van der Waals surface area contributed by atoms with Gasteiger partial charge in [0.25, 0.3) is 0 Å². The number of aromatic nitrogens is 4. The number of benzene rings is 2. The van der Waals surface area contributed by atoms with Crippen LogP contribution in [0.5, 0.6) is 0 Å². The molecule has 4 aromatic rings. The number of nitrogens with one attached hydrogen (secondary N) is 2. The second-order valence-electron chi connectivity index (χ2n) is 15.9. The second kappa shape index (κ2) is 15.1. The number of imide groups is 1. The number of likely N-dealkylation sites (tertiary alicyclic amines) is 1. The highest BCUT2D eigenvalue weighted by Gasteiger charge is 2.41. The number of aryl methyl sites for hydroxylation is 1. The maximum atomic E-state index is 13.9. The molecule has 0 aliphatic carbocycles. The fraction of sp³-hybridized carbons (Fsp3) is 0.513. The van der Waals surface area contributed by atoms with Gasteiger partial charge in [0.15, 0.2) is 5.82 Å². The number of hydrogen-bond acceptors (Lipinski definition) is 11. The molecule has 2 unspecified atom stereocenters. The molecule has 2 atom stereocenters. The molecule has 17 heteroatoms. The standard InChI is InChI=1S/C39H48ClN11O4S/c1-46-35-20-29(7-8-34(35)37(45-46)50-18-13-36(52)44-39(50)53)48-14-9-26(10-15-48)23-47-24-31-5-6-32(25-47)51(31)30-3-2-4-33(19-30)56(54,55)49-16-11-28(12-17-49)43-38-41-21-27(40)22-42-38/h2-4,7-8,19-22,26,28,31-32H,5-6,9-18,23-25H2,1H3,(H,41,42,43)(H,44,52,53). The number of amides is 3. The minimum Gasteiger partial charge on any atom is -0.371 e. The summed E-state index contributed by atoms with van der Waals surface area (Å²) < 4.78 is 31.1. The molecule has 5 aliphatic rings. The van der Waals surface area contributed by atoms with Crippen LogP contribution in [-0.4, -0.2) is 120 Å². The van der Waals surface area contributed by atoms with Gasteiger partial charge in [0.2, 0.25) is 21.9 Å². The van der Waals surface area contributed by atoms with Crippen molar-refractivity contribution in [2.24, 2.45) is 13.0 Å². The first-order valence-electron chi connectivity index (χ1n) is 19.8. The highest BCUT2D eigenvalue weighted by atomic mass is 35.5. The Balaban J connectivity index is 0.785. The average molecular weight is 802 g/mol. The zero-order chi connectivity index (χ0) is 38.6. The smallest absolute Gasteiger partial charge is 0.329 e. The lowest BCUT2D eigenvalue weighted by molar-refractivity contribution is -0.120. The monoisotopic (exact) mass is 801 g/mol. The van der Waals surface area contributed by atoms with Gasteiger partial charge >= 0.3 is 6.03 Å². The van der Waals surface area contributed by atoms with Crippen LogP contribution in [0.25, 0.3) is 10.9 Å². The Labute approximate surface area is 332 Å². The first-order valence-corrected chi connectivity index (χ1v) is 21.6. The van der Waals surface area contributed by atoms with E-state index >= 15 is 0 Å². The number of halogens is 1. The molecule has 2 aromatic carbocycles. The largest absolute Gasteiger partial charge is 0.371 e. The molecule has 5 fully saturated rings. The topological polar surface area (TPSA) is 152 Å². The number of hydrogen-bond donors (Lipinski definition) is 2. The number of nitrogens with zero attached hydrogens (tertiary/aromatic N) is 9. The number of carbonyl (C=O) groups excluding carboxylic acids is 2. The van der Waals surface area contributed by atoms with Crippen molar-refractivity contribution < 1.29 is 18.0 Å². The molecule has 5 saturated heterocycles. The summed E-state index contributed by atoms with van der Waals surface area (Å²) >= 11 is 5.91. The van der Waals surface area contributed by atoms with Gasteiger partial charge < -0.3 is 15.1 Å². The Morgan fingerprint density at radius 2 is 1.61 bits per heavy atom. The normalized spacial score (nSPS) is 23.3. The number of fused-ring (bicyclic) bond motifs is 3. The van der Waals surface area contributed by atoms with E-state index in [1.165, 1.54) is 0 Å². The van der Waals surface area contributed by atoms with Crippen molar-refractivity contribution in [3.8, 4) is 0 Å². The molecule has 7 heterocycles. The quantitative estimate of drug-likeness (QED) is 0.249. The van der Waals surface area contributed by atoms with Crippen LogP contribution in [0.1, 0.15) is 44.9 Å². The maximum absolute atomic E-state index is 13.9. The van der Waals surface area contributed by atoms with Crippen molar-refractivity contribution in [2.75, 3.05) is 72.4 Å². The van der Waals surface area contributed by atoms with Crippen LogP contribution in [0.4, 0.5) is 27.9 Å². The lowest BCUT2D eigenvalue weighted by Gasteiger charge is -2.44. The van der Waals surface area contributed by atoms with Crippen molar-refractivity contribution in [3.05, 3.63) is 59.9 Å². The van der Waals surface area contributed by atoms with Crippen LogP contribution in [0.2, 0.25) is 5.02 Å². The van der Waals surface area contributed by atoms with Gasteiger partial charge in [-0.15, -0.1) is 0 Å². The molecule has 5 aliphatic heterocycles. The summed E-state index contributed by atoms with van der Waals surface area (Å²) in [6.07, 6.45) is 9.18. The third kappa shape index (κ3) is 7.27. The highest BCUT2D eigenvalue weighted by molar-refractivity contribution is 7.89. The molecule has 0 radical (unpaired) electrons. The van der Waals surface area contributed by atoms with E-state index in [2.05, 4.69) is 58.6 Å². The van der Waals surface area contributed by atoms with Gasteiger partial charge in [0.05, 0.1) is 27.8 Å². The van der Waals surface area contributed by atoms with Gasteiger partial charge in [0, 0.05) is 101 Å². The summed E-state index contributed by atoms with van der Waals surface area (Å²) in [5.74, 6) is 1.45. The summed E-state index contributed by atoms with van der Waals surface area (Å²) in [7, 11) is -1.74. The molecule has 2 aromatic heterocycles. The predicted molar refractivity (Wildman–Crippen MR) is 216 cm³/mol. The summed E-state index contributed by atoms with van der Waals surface area (Å²) in [5.41, 5.74) is 3.13. The van der Waals surface area contributed by atoms with E-state index in [1.807, 2.05) is 29.9 Å². The molecule has 56 heavy (non-hydrogen) atoms. The Bertz CT molecular complexity index is 2210. The van der Waals surface area contributed by atoms with Crippen LogP contribution in [0.3, 0.4) is 0 Å². The SMILES string of the molecule is Cn1nc(N2CCC(=O)NC2=O)c2ccc(N3CCC(CN4CC5CCC(C4)N5c4cccc(S(=O)(=O)N5CCC(Nc6ncc(Cl)cn6)CC5)c4)CC3)cc21. The number of carbonyl (C=O) groups is 2. The van der Waals surface area contributed by atoms with Gasteiger partial charge in [-0.05, 0) is 80.8 Å². The van der Waals surface area contributed by atoms with Crippen molar-refractivity contribution >= 4 is 67.6 Å². The molecule has 2 bridgehead atoms. The van der Waals surface area contributed by atoms with Crippen LogP contribution in [0, 0.1) is 5.92 Å². The predicted octanol–water partition coefficient (Wildman–Crippen LogP) is 4.30. The Morgan fingerprint density at radius 3 is 2.32 bits per heavy atom. The zero-order valence-corrected chi connectivity index (χ0v) is 33.1. The van der Waals surface area contributed by atoms with E-state index in [-0.39, 0.29) is 18.4 Å². The van der Waals surface area contributed by atoms with Gasteiger partial charge in [0.1, 0.15) is 0 Å². The molecule has 296 valence electrons. The minimum atomic E-state index is -3.63. The van der Waals surface area contributed by atoms with Crippen LogP contribution in [0.15, 0.2) is 59.8 Å². The van der Waals surface area contributed by atoms with Crippen molar-refractivity contribution in [3.63, 3.8) is 0 Å². The zero-order valence-electron chi connectivity index (χ0n) is 31.6. The third-order valence-electron chi connectivity index (χ3n) is 12.3. The first-order chi connectivity index (χ1) is 27.1. The van der Waals surface area contributed by atoms with E-state index < -0.39 is 16.1 Å². The molecule has 15 nitrogen and oxygen atoms in total. The maximum Gasteiger partial charge on any atom is 0.329 e. The third-order valence-corrected chi connectivity index (χ3v) is 14.4. The number of sulfonamides is 1.